The summed E-state index contributed by atoms with van der Waals surface area (Å²) in [6.07, 6.45) is 3.59. The molecular weight excluding hydrogens is 488 g/mol. The molecule has 0 amide bonds. The van der Waals surface area contributed by atoms with Crippen molar-refractivity contribution in [2.75, 3.05) is 32.1 Å². The number of allylic oxidation sites excluding steroid dienone is 2. The van der Waals surface area contributed by atoms with E-state index in [9.17, 15) is 34.8 Å². The first-order valence-electron chi connectivity index (χ1n) is 13.5. The van der Waals surface area contributed by atoms with Crippen LogP contribution in [0.3, 0.4) is 0 Å². The van der Waals surface area contributed by atoms with Crippen LogP contribution in [0.15, 0.2) is 28.7 Å². The predicted octanol–water partition coefficient (Wildman–Crippen LogP) is 3.13. The molecule has 1 saturated heterocycles. The maximum atomic E-state index is 14.0. The molecule has 9 heteroatoms. The maximum Gasteiger partial charge on any atom is 0.209 e. The van der Waals surface area contributed by atoms with Gasteiger partial charge in [0.05, 0.1) is 5.56 Å². The second-order valence-electron chi connectivity index (χ2n) is 11.3. The summed E-state index contributed by atoms with van der Waals surface area (Å²) in [5, 5.41) is 44.8. The molecular formula is C29H36N2O7. The van der Waals surface area contributed by atoms with E-state index in [1.165, 1.54) is 13.3 Å². The molecule has 0 spiro atoms. The molecule has 4 N–H and O–H groups in total. The standard InChI is InChI=1S/C29H36N2O7/c1-4-20(32)24-21(33)13-17-10-15-11-18-19(30(2)3)12-16(14-31-8-6-5-7-9-31)25(34)23(18)26(35)22(15)27(36)29(17,38)28(24)37/h12,15,17,33-34,36,38H,4-11,13-14H2,1-3H3/t15?,17?,29-/m0/s1. The topological polar surface area (TPSA) is 139 Å². The predicted molar refractivity (Wildman–Crippen MR) is 140 cm³/mol. The van der Waals surface area contributed by atoms with Crippen molar-refractivity contribution >= 4 is 23.0 Å². The number of phenols is 1. The largest absolute Gasteiger partial charge is 0.511 e. The number of hydrogen-bond acceptors (Lipinski definition) is 9. The van der Waals surface area contributed by atoms with Crippen LogP contribution in [0.2, 0.25) is 0 Å². The van der Waals surface area contributed by atoms with Crippen LogP contribution >= 0.6 is 0 Å². The Bertz CT molecular complexity index is 1290. The van der Waals surface area contributed by atoms with Crippen LogP contribution < -0.4 is 4.90 Å². The summed E-state index contributed by atoms with van der Waals surface area (Å²) >= 11 is 0. The highest BCUT2D eigenvalue weighted by atomic mass is 16.3. The number of likely N-dealkylation sites (tertiary alicyclic amines) is 1. The molecule has 0 aromatic heterocycles. The van der Waals surface area contributed by atoms with E-state index in [0.29, 0.717) is 24.1 Å². The number of carbonyl (C=O) groups is 3. The van der Waals surface area contributed by atoms with E-state index < -0.39 is 46.1 Å². The Kier molecular flexibility index (Phi) is 6.64. The van der Waals surface area contributed by atoms with Gasteiger partial charge < -0.3 is 25.3 Å². The van der Waals surface area contributed by atoms with Gasteiger partial charge in [-0.1, -0.05) is 13.3 Å². The number of aliphatic hydroxyl groups excluding tert-OH is 2. The number of rotatable bonds is 5. The van der Waals surface area contributed by atoms with Crippen molar-refractivity contribution in [3.05, 3.63) is 45.4 Å². The third-order valence-corrected chi connectivity index (χ3v) is 8.80. The van der Waals surface area contributed by atoms with E-state index in [4.69, 9.17) is 0 Å². The van der Waals surface area contributed by atoms with Gasteiger partial charge in [0.2, 0.25) is 5.78 Å². The van der Waals surface area contributed by atoms with Crippen molar-refractivity contribution in [1.29, 1.82) is 0 Å². The third-order valence-electron chi connectivity index (χ3n) is 8.80. The highest BCUT2D eigenvalue weighted by Gasteiger charge is 2.59. The summed E-state index contributed by atoms with van der Waals surface area (Å²) in [5.41, 5.74) is -0.907. The Morgan fingerprint density at radius 1 is 1.11 bits per heavy atom. The number of anilines is 1. The van der Waals surface area contributed by atoms with Gasteiger partial charge in [-0.15, -0.1) is 0 Å². The Morgan fingerprint density at radius 2 is 1.79 bits per heavy atom. The van der Waals surface area contributed by atoms with Crippen LogP contribution in [0.1, 0.15) is 66.9 Å². The average Bonchev–Trinajstić information content (AvgIpc) is 2.88. The maximum absolute atomic E-state index is 14.0. The number of piperidine rings is 1. The Balaban J connectivity index is 1.63. The van der Waals surface area contributed by atoms with E-state index >= 15 is 0 Å². The smallest absolute Gasteiger partial charge is 0.209 e. The number of fused-ring (bicyclic) bond motifs is 3. The number of phenolic OH excluding ortho intramolecular Hbond substituents is 1. The van der Waals surface area contributed by atoms with Gasteiger partial charge in [-0.3, -0.25) is 19.3 Å². The SMILES string of the molecule is CCC(=O)C1=C(O)CC2CC3Cc4c(N(C)C)cc(CN5CCCCC5)c(O)c4C(=O)C3=C(O)[C@]2(O)C1=O. The quantitative estimate of drug-likeness (QED) is 0.428. The van der Waals surface area contributed by atoms with Crippen molar-refractivity contribution in [3.8, 4) is 5.75 Å². The van der Waals surface area contributed by atoms with Crippen molar-refractivity contribution < 1.29 is 34.8 Å². The van der Waals surface area contributed by atoms with Crippen LogP contribution in [-0.2, 0) is 22.6 Å². The van der Waals surface area contributed by atoms with Crippen molar-refractivity contribution in [2.45, 2.75) is 64.0 Å². The normalized spacial score (nSPS) is 27.7. The second-order valence-corrected chi connectivity index (χ2v) is 11.3. The van der Waals surface area contributed by atoms with E-state index in [1.54, 1.807) is 0 Å². The van der Waals surface area contributed by atoms with Gasteiger partial charge in [-0.05, 0) is 56.3 Å². The lowest BCUT2D eigenvalue weighted by Gasteiger charge is -2.46. The fraction of sp³-hybridized carbons (Fsp3) is 0.552. The van der Waals surface area contributed by atoms with Crippen LogP contribution in [0, 0.1) is 11.8 Å². The van der Waals surface area contributed by atoms with Gasteiger partial charge >= 0.3 is 0 Å². The molecule has 38 heavy (non-hydrogen) atoms. The van der Waals surface area contributed by atoms with Gasteiger partial charge in [-0.2, -0.15) is 0 Å². The number of carbonyl (C=O) groups excluding carboxylic acids is 3. The average molecular weight is 525 g/mol. The van der Waals surface area contributed by atoms with Gasteiger partial charge in [0.1, 0.15) is 22.8 Å². The molecule has 0 saturated carbocycles. The van der Waals surface area contributed by atoms with E-state index in [-0.39, 0.29) is 41.9 Å². The number of benzene rings is 1. The summed E-state index contributed by atoms with van der Waals surface area (Å²) in [6, 6.07) is 1.92. The minimum atomic E-state index is -2.48. The first kappa shape index (κ1) is 26.4. The molecule has 204 valence electrons. The number of nitrogens with zero attached hydrogens (tertiary/aromatic N) is 2. The molecule has 1 heterocycles. The fourth-order valence-corrected chi connectivity index (χ4v) is 6.81. The van der Waals surface area contributed by atoms with Gasteiger partial charge in [0, 0.05) is 56.2 Å². The van der Waals surface area contributed by atoms with E-state index in [1.807, 2.05) is 25.1 Å². The Hall–Kier alpha value is -3.17. The van der Waals surface area contributed by atoms with Gasteiger partial charge in [0.15, 0.2) is 17.2 Å². The molecule has 3 aliphatic carbocycles. The zero-order valence-corrected chi connectivity index (χ0v) is 22.2. The van der Waals surface area contributed by atoms with Crippen LogP contribution in [0.5, 0.6) is 5.75 Å². The second kappa shape index (κ2) is 9.54. The number of aliphatic hydroxyl groups is 3. The number of Topliss-reactive ketones (excluding diaryl/α,β-unsaturated/α-hetero) is 3. The van der Waals surface area contributed by atoms with Crippen LogP contribution in [0.25, 0.3) is 0 Å². The van der Waals surface area contributed by atoms with Crippen LogP contribution in [0.4, 0.5) is 5.69 Å². The summed E-state index contributed by atoms with van der Waals surface area (Å²) in [4.78, 5) is 43.9. The lowest BCUT2D eigenvalue weighted by Crippen LogP contribution is -2.56. The minimum absolute atomic E-state index is 0.0564. The summed E-state index contributed by atoms with van der Waals surface area (Å²) in [6.45, 7) is 3.84. The Morgan fingerprint density at radius 3 is 2.42 bits per heavy atom. The number of ketones is 3. The fourth-order valence-electron chi connectivity index (χ4n) is 6.81. The number of hydrogen-bond donors (Lipinski definition) is 4. The molecule has 1 aliphatic heterocycles. The third kappa shape index (κ3) is 3.86. The zero-order chi connectivity index (χ0) is 27.5. The Labute approximate surface area is 222 Å². The molecule has 0 bridgehead atoms. The molecule has 1 aromatic rings. The van der Waals surface area contributed by atoms with E-state index in [2.05, 4.69) is 4.90 Å². The monoisotopic (exact) mass is 524 g/mol. The molecule has 2 unspecified atom stereocenters. The first-order chi connectivity index (χ1) is 18.0. The van der Waals surface area contributed by atoms with Crippen molar-refractivity contribution in [1.82, 2.24) is 4.90 Å². The van der Waals surface area contributed by atoms with Crippen molar-refractivity contribution in [3.63, 3.8) is 0 Å². The molecule has 1 aromatic carbocycles. The molecule has 5 rings (SSSR count). The van der Waals surface area contributed by atoms with Gasteiger partial charge in [-0.25, -0.2) is 0 Å². The van der Waals surface area contributed by atoms with Crippen LogP contribution in [-0.4, -0.2) is 75.5 Å². The minimum Gasteiger partial charge on any atom is -0.511 e. The van der Waals surface area contributed by atoms with Crippen molar-refractivity contribution in [2.24, 2.45) is 11.8 Å². The molecule has 3 atom stereocenters. The highest BCUT2D eigenvalue weighted by Crippen LogP contribution is 2.53. The molecule has 4 aliphatic rings. The highest BCUT2D eigenvalue weighted by molar-refractivity contribution is 6.25. The molecule has 1 fully saturated rings. The summed E-state index contributed by atoms with van der Waals surface area (Å²) < 4.78 is 0. The first-order valence-corrected chi connectivity index (χ1v) is 13.5. The van der Waals surface area contributed by atoms with Gasteiger partial charge in [0.25, 0.3) is 0 Å². The number of aromatic hydroxyl groups is 1. The molecule has 0 radical (unpaired) electrons. The zero-order valence-electron chi connectivity index (χ0n) is 22.2. The summed E-state index contributed by atoms with van der Waals surface area (Å²) in [7, 11) is 3.75. The summed E-state index contributed by atoms with van der Waals surface area (Å²) in [5.74, 6) is -5.01. The lowest BCUT2D eigenvalue weighted by atomic mass is 9.60. The molecule has 9 nitrogen and oxygen atoms in total. The van der Waals surface area contributed by atoms with E-state index in [0.717, 1.165) is 31.6 Å². The lowest BCUT2D eigenvalue weighted by molar-refractivity contribution is -0.144.